The fourth-order valence-corrected chi connectivity index (χ4v) is 2.33. The number of benzene rings is 1. The third-order valence-corrected chi connectivity index (χ3v) is 3.26. The number of oxime groups is 1. The Morgan fingerprint density at radius 2 is 1.86 bits per heavy atom. The van der Waals surface area contributed by atoms with Crippen molar-refractivity contribution in [3.05, 3.63) is 29.3 Å². The standard InChI is InChI=1S/C15H17NO6/c1-9-6-10-8-11(21-14(17)19-2)4-5-12(10)13(7-9)16-22-15(18)20-3/h4-5,8-9H,6-7H2,1-3H3/b16-13-/t9-/m0/s1. The van der Waals surface area contributed by atoms with E-state index in [0.717, 1.165) is 17.5 Å². The van der Waals surface area contributed by atoms with Crippen molar-refractivity contribution in [2.75, 3.05) is 14.2 Å². The van der Waals surface area contributed by atoms with E-state index in [1.165, 1.54) is 14.2 Å². The van der Waals surface area contributed by atoms with Crippen molar-refractivity contribution >= 4 is 18.0 Å². The van der Waals surface area contributed by atoms with Crippen LogP contribution in [0.5, 0.6) is 5.75 Å². The van der Waals surface area contributed by atoms with Crippen molar-refractivity contribution in [1.82, 2.24) is 0 Å². The summed E-state index contributed by atoms with van der Waals surface area (Å²) in [6.45, 7) is 2.06. The quantitative estimate of drug-likeness (QED) is 0.361. The van der Waals surface area contributed by atoms with Crippen LogP contribution in [0, 0.1) is 5.92 Å². The zero-order valence-corrected chi connectivity index (χ0v) is 12.6. The Hall–Kier alpha value is -2.57. The fourth-order valence-electron chi connectivity index (χ4n) is 2.33. The number of hydrogen-bond donors (Lipinski definition) is 0. The van der Waals surface area contributed by atoms with Crippen LogP contribution >= 0.6 is 0 Å². The van der Waals surface area contributed by atoms with E-state index in [9.17, 15) is 9.59 Å². The molecule has 0 N–H and O–H groups in total. The second-order valence-corrected chi connectivity index (χ2v) is 4.97. The van der Waals surface area contributed by atoms with Gasteiger partial charge in [0, 0.05) is 5.56 Å². The van der Waals surface area contributed by atoms with Gasteiger partial charge in [0.15, 0.2) is 0 Å². The lowest BCUT2D eigenvalue weighted by Gasteiger charge is -2.23. The lowest BCUT2D eigenvalue weighted by atomic mass is 9.83. The maximum atomic E-state index is 11.1. The predicted molar refractivity (Wildman–Crippen MR) is 77.0 cm³/mol. The zero-order valence-electron chi connectivity index (χ0n) is 12.6. The van der Waals surface area contributed by atoms with Crippen LogP contribution in [-0.2, 0) is 20.7 Å². The van der Waals surface area contributed by atoms with Gasteiger partial charge in [0.1, 0.15) is 5.75 Å². The topological polar surface area (TPSA) is 83.4 Å². The van der Waals surface area contributed by atoms with Crippen molar-refractivity contribution in [2.45, 2.75) is 19.8 Å². The van der Waals surface area contributed by atoms with E-state index >= 15 is 0 Å². The molecule has 0 saturated heterocycles. The van der Waals surface area contributed by atoms with Gasteiger partial charge in [0.05, 0.1) is 19.9 Å². The van der Waals surface area contributed by atoms with E-state index in [4.69, 9.17) is 4.74 Å². The first-order valence-corrected chi connectivity index (χ1v) is 6.74. The Labute approximate surface area is 127 Å². The minimum absolute atomic E-state index is 0.320. The van der Waals surface area contributed by atoms with Crippen LogP contribution in [0.15, 0.2) is 23.4 Å². The van der Waals surface area contributed by atoms with Crippen LogP contribution in [-0.4, -0.2) is 32.2 Å². The molecule has 0 heterocycles. The normalized spacial score (nSPS) is 18.3. The van der Waals surface area contributed by atoms with Crippen LogP contribution < -0.4 is 4.74 Å². The summed E-state index contributed by atoms with van der Waals surface area (Å²) in [5.74, 6) is 0.716. The lowest BCUT2D eigenvalue weighted by molar-refractivity contribution is 0.0750. The minimum atomic E-state index is -0.863. The molecule has 0 bridgehead atoms. The Kier molecular flexibility index (Phi) is 4.98. The molecule has 0 saturated carbocycles. The van der Waals surface area contributed by atoms with E-state index in [0.29, 0.717) is 23.8 Å². The summed E-state index contributed by atoms with van der Waals surface area (Å²) in [5, 5.41) is 3.86. The van der Waals surface area contributed by atoms with Gasteiger partial charge in [-0.25, -0.2) is 9.59 Å². The highest BCUT2D eigenvalue weighted by Gasteiger charge is 2.23. The van der Waals surface area contributed by atoms with Gasteiger partial charge in [-0.1, -0.05) is 12.1 Å². The van der Waals surface area contributed by atoms with Gasteiger partial charge in [-0.15, -0.1) is 0 Å². The molecular formula is C15H17NO6. The highest BCUT2D eigenvalue weighted by Crippen LogP contribution is 2.29. The highest BCUT2D eigenvalue weighted by atomic mass is 16.8. The summed E-state index contributed by atoms with van der Waals surface area (Å²) in [4.78, 5) is 26.9. The Morgan fingerprint density at radius 1 is 1.14 bits per heavy atom. The first-order chi connectivity index (χ1) is 10.5. The molecule has 0 amide bonds. The maximum absolute atomic E-state index is 11.1. The van der Waals surface area contributed by atoms with Gasteiger partial charge in [-0.2, -0.15) is 0 Å². The van der Waals surface area contributed by atoms with Gasteiger partial charge in [-0.05, 0) is 42.5 Å². The molecule has 0 radical (unpaired) electrons. The molecule has 1 aliphatic carbocycles. The number of nitrogens with zero attached hydrogens (tertiary/aromatic N) is 1. The molecule has 7 heteroatoms. The molecule has 1 atom stereocenters. The number of methoxy groups -OCH3 is 2. The maximum Gasteiger partial charge on any atom is 0.534 e. The van der Waals surface area contributed by atoms with E-state index in [1.54, 1.807) is 18.2 Å². The Balaban J connectivity index is 2.26. The van der Waals surface area contributed by atoms with Gasteiger partial charge in [0.2, 0.25) is 0 Å². The number of rotatable bonds is 2. The third-order valence-electron chi connectivity index (χ3n) is 3.26. The van der Waals surface area contributed by atoms with Crippen LogP contribution in [0.3, 0.4) is 0 Å². The van der Waals surface area contributed by atoms with Crippen LogP contribution in [0.25, 0.3) is 0 Å². The van der Waals surface area contributed by atoms with Crippen molar-refractivity contribution < 1.29 is 28.6 Å². The summed E-state index contributed by atoms with van der Waals surface area (Å²) in [5.41, 5.74) is 2.48. The van der Waals surface area contributed by atoms with Gasteiger partial charge in [0.25, 0.3) is 0 Å². The lowest BCUT2D eigenvalue weighted by Crippen LogP contribution is -2.20. The molecule has 1 aromatic carbocycles. The smallest absolute Gasteiger partial charge is 0.437 e. The number of ether oxygens (including phenoxy) is 3. The van der Waals surface area contributed by atoms with Gasteiger partial charge < -0.3 is 14.2 Å². The molecule has 7 nitrogen and oxygen atoms in total. The van der Waals surface area contributed by atoms with E-state index < -0.39 is 12.3 Å². The molecule has 0 spiro atoms. The Bertz CT molecular complexity index is 610. The summed E-state index contributed by atoms with van der Waals surface area (Å²) >= 11 is 0. The molecule has 2 rings (SSSR count). The second kappa shape index (κ2) is 6.93. The molecule has 22 heavy (non-hydrogen) atoms. The van der Waals surface area contributed by atoms with Crippen molar-refractivity contribution in [1.29, 1.82) is 0 Å². The van der Waals surface area contributed by atoms with Gasteiger partial charge in [-0.3, -0.25) is 4.84 Å². The second-order valence-electron chi connectivity index (χ2n) is 4.97. The number of carbonyl (C=O) groups is 2. The first-order valence-electron chi connectivity index (χ1n) is 6.74. The average Bonchev–Trinajstić information content (AvgIpc) is 2.51. The molecule has 0 unspecified atom stereocenters. The third kappa shape index (κ3) is 3.75. The van der Waals surface area contributed by atoms with Crippen LogP contribution in [0.1, 0.15) is 24.5 Å². The van der Waals surface area contributed by atoms with Crippen LogP contribution in [0.2, 0.25) is 0 Å². The molecule has 0 aliphatic heterocycles. The number of fused-ring (bicyclic) bond motifs is 1. The van der Waals surface area contributed by atoms with Crippen molar-refractivity contribution in [3.8, 4) is 5.75 Å². The largest absolute Gasteiger partial charge is 0.534 e. The first kappa shape index (κ1) is 15.8. The van der Waals surface area contributed by atoms with E-state index in [-0.39, 0.29) is 0 Å². The summed E-state index contributed by atoms with van der Waals surface area (Å²) < 4.78 is 13.9. The highest BCUT2D eigenvalue weighted by molar-refractivity contribution is 6.03. The molecule has 0 fully saturated rings. The molecule has 1 aromatic rings. The SMILES string of the molecule is COC(=O)O/N=C1/C[C@@H](C)Cc2cc(OC(=O)OC)ccc21. The molecule has 1 aliphatic rings. The number of carbonyl (C=O) groups excluding carboxylic acids is 2. The molecule has 0 aromatic heterocycles. The summed E-state index contributed by atoms with van der Waals surface area (Å²) in [6.07, 6.45) is -0.142. The Morgan fingerprint density at radius 3 is 2.55 bits per heavy atom. The average molecular weight is 307 g/mol. The van der Waals surface area contributed by atoms with E-state index in [2.05, 4.69) is 26.4 Å². The minimum Gasteiger partial charge on any atom is -0.437 e. The van der Waals surface area contributed by atoms with Crippen LogP contribution in [0.4, 0.5) is 9.59 Å². The fraction of sp³-hybridized carbons (Fsp3) is 0.400. The van der Waals surface area contributed by atoms with Crippen molar-refractivity contribution in [3.63, 3.8) is 0 Å². The summed E-state index contributed by atoms with van der Waals surface area (Å²) in [6, 6.07) is 5.17. The monoisotopic (exact) mass is 307 g/mol. The van der Waals surface area contributed by atoms with Crippen molar-refractivity contribution in [2.24, 2.45) is 11.1 Å². The zero-order chi connectivity index (χ0) is 16.1. The predicted octanol–water partition coefficient (Wildman–Crippen LogP) is 2.90. The molecule has 118 valence electrons. The van der Waals surface area contributed by atoms with Gasteiger partial charge >= 0.3 is 12.3 Å². The summed E-state index contributed by atoms with van der Waals surface area (Å²) in [7, 11) is 2.47. The van der Waals surface area contributed by atoms with E-state index in [1.807, 2.05) is 0 Å². The number of hydrogen-bond acceptors (Lipinski definition) is 7. The molecular weight excluding hydrogens is 290 g/mol.